The molecule has 2 unspecified atom stereocenters. The maximum absolute atomic E-state index is 11.0. The maximum Gasteiger partial charge on any atom is 1.00 e. The Balaban J connectivity index is -0.000000602. The average molecular weight is 473 g/mol. The predicted octanol–water partition coefficient (Wildman–Crippen LogP) is -9.88. The normalized spacial score (nSPS) is 18.7. The first-order chi connectivity index (χ1) is 8.40. The molecular formula is C3H13K2NO13P4. The fourth-order valence-corrected chi connectivity index (χ4v) is 7.30. The van der Waals surface area contributed by atoms with E-state index in [4.69, 9.17) is 29.4 Å². The van der Waals surface area contributed by atoms with E-state index < -0.39 is 46.3 Å². The van der Waals surface area contributed by atoms with Crippen LogP contribution in [0.25, 0.3) is 0 Å². The van der Waals surface area contributed by atoms with Gasteiger partial charge in [0.05, 0.1) is 0 Å². The van der Waals surface area contributed by atoms with E-state index in [1.165, 1.54) is 0 Å². The van der Waals surface area contributed by atoms with Gasteiger partial charge in [-0.15, -0.1) is 0 Å². The molecule has 0 aliphatic carbocycles. The van der Waals surface area contributed by atoms with Gasteiger partial charge in [0.1, 0.15) is 5.52 Å². The Morgan fingerprint density at radius 1 is 0.739 bits per heavy atom. The van der Waals surface area contributed by atoms with Crippen LogP contribution in [0.3, 0.4) is 0 Å². The third kappa shape index (κ3) is 11.4. The molecule has 130 valence electrons. The molecule has 0 aromatic heterocycles. The van der Waals surface area contributed by atoms with Crippen molar-refractivity contribution >= 4 is 30.4 Å². The molecule has 0 bridgehead atoms. The van der Waals surface area contributed by atoms with Crippen LogP contribution >= 0.6 is 30.4 Å². The zero-order valence-electron chi connectivity index (χ0n) is 12.0. The molecule has 0 heterocycles. The molecule has 0 aromatic carbocycles. The summed E-state index contributed by atoms with van der Waals surface area (Å²) < 4.78 is 43.7. The second-order valence-corrected chi connectivity index (χ2v) is 11.0. The minimum absolute atomic E-state index is 0. The van der Waals surface area contributed by atoms with Crippen molar-refractivity contribution in [2.24, 2.45) is 0 Å². The van der Waals surface area contributed by atoms with Crippen molar-refractivity contribution < 1.29 is 166 Å². The summed E-state index contributed by atoms with van der Waals surface area (Å²) in [7, 11) is -23.1. The van der Waals surface area contributed by atoms with E-state index >= 15 is 0 Å². The molecule has 0 fully saturated rings. The predicted molar refractivity (Wildman–Crippen MR) is 62.7 cm³/mol. The zero-order valence-corrected chi connectivity index (χ0v) is 21.8. The van der Waals surface area contributed by atoms with Gasteiger partial charge >= 0.3 is 118 Å². The number of nitrogens with zero attached hydrogens (tertiary/aromatic N) is 1. The van der Waals surface area contributed by atoms with E-state index in [2.05, 4.69) is 0 Å². The van der Waals surface area contributed by atoms with Crippen LogP contribution in [0.4, 0.5) is 0 Å². The molecule has 8 N–H and O–H groups in total. The summed E-state index contributed by atoms with van der Waals surface area (Å²) in [6, 6.07) is 0. The minimum atomic E-state index is -5.98. The van der Waals surface area contributed by atoms with E-state index in [9.17, 15) is 28.0 Å². The Labute approximate surface area is 215 Å². The summed E-state index contributed by atoms with van der Waals surface area (Å²) >= 11 is 0. The van der Waals surface area contributed by atoms with Gasteiger partial charge in [-0.2, -0.15) is 0 Å². The summed E-state index contributed by atoms with van der Waals surface area (Å²) in [5, 5.41) is 0. The standard InChI is InChI=1S/C3H13NO12P4.2K.H2O/c1-4(2(17(5,6)7)18(8,9)10)3(19(11,12)13)20(14,15)16;;;/h2-3H,1H3,(H2,5,6,7)(H2,8,9,10)(H2,11,12,13)(H2,14,15,16);;;1H2/q;2*+1;/p-2. The van der Waals surface area contributed by atoms with Crippen molar-refractivity contribution in [2.45, 2.75) is 11.0 Å². The molecule has 0 aliphatic heterocycles. The van der Waals surface area contributed by atoms with Crippen molar-refractivity contribution in [2.75, 3.05) is 7.05 Å². The van der Waals surface area contributed by atoms with Crippen LogP contribution < -0.4 is 113 Å². The molecule has 14 nitrogen and oxygen atoms in total. The van der Waals surface area contributed by atoms with Crippen molar-refractivity contribution in [3.8, 4) is 0 Å². The van der Waals surface area contributed by atoms with E-state index in [1.807, 2.05) is 0 Å². The third-order valence-corrected chi connectivity index (χ3v) is 9.30. The SMILES string of the molecule is CN(C(P(=O)([O-])O)P(=O)([O-])O)C(P(=O)(O)O)P(=O)(O)O.O.[K+].[K+]. The van der Waals surface area contributed by atoms with Gasteiger partial charge in [0.15, 0.2) is 15.2 Å². The Hall–Kier alpha value is 3.79. The van der Waals surface area contributed by atoms with Crippen LogP contribution in [0.1, 0.15) is 0 Å². The second-order valence-electron chi connectivity index (χ2n) is 3.66. The molecule has 0 saturated carbocycles. The van der Waals surface area contributed by atoms with E-state index in [0.29, 0.717) is 0 Å². The first-order valence-corrected chi connectivity index (χ1v) is 10.9. The Morgan fingerprint density at radius 2 is 0.957 bits per heavy atom. The van der Waals surface area contributed by atoms with Gasteiger partial charge in [-0.1, -0.05) is 0 Å². The zero-order chi connectivity index (χ0) is 16.7. The van der Waals surface area contributed by atoms with Gasteiger partial charge in [0.2, 0.25) is 5.52 Å². The Bertz CT molecular complexity index is 451. The van der Waals surface area contributed by atoms with Gasteiger partial charge in [-0.3, -0.25) is 14.0 Å². The molecule has 0 aromatic rings. The Kier molecular flexibility index (Phi) is 17.5. The fraction of sp³-hybridized carbons (Fsp3) is 1.00. The van der Waals surface area contributed by atoms with Crippen LogP contribution in [0.2, 0.25) is 0 Å². The molecule has 23 heavy (non-hydrogen) atoms. The van der Waals surface area contributed by atoms with Gasteiger partial charge in [-0.25, -0.2) is 0 Å². The van der Waals surface area contributed by atoms with Gasteiger partial charge < -0.3 is 53.8 Å². The molecule has 2 atom stereocenters. The number of hydrogen-bond acceptors (Lipinski definition) is 7. The monoisotopic (exact) mass is 473 g/mol. The minimum Gasteiger partial charge on any atom is -0.777 e. The van der Waals surface area contributed by atoms with Crippen molar-refractivity contribution in [1.82, 2.24) is 4.90 Å². The Morgan fingerprint density at radius 3 is 1.09 bits per heavy atom. The smallest absolute Gasteiger partial charge is 0.777 e. The first-order valence-electron chi connectivity index (χ1n) is 4.29. The van der Waals surface area contributed by atoms with Gasteiger partial charge in [-0.05, 0) is 7.05 Å². The molecule has 0 saturated heterocycles. The van der Waals surface area contributed by atoms with Crippen molar-refractivity contribution in [1.29, 1.82) is 0 Å². The quantitative estimate of drug-likeness (QED) is 0.155. The topological polar surface area (TPSA) is 271 Å². The van der Waals surface area contributed by atoms with Crippen LogP contribution in [-0.4, -0.2) is 57.8 Å². The second kappa shape index (κ2) is 11.7. The molecule has 0 rings (SSSR count). The third-order valence-electron chi connectivity index (χ3n) is 1.91. The van der Waals surface area contributed by atoms with Crippen LogP contribution in [0, 0.1) is 0 Å². The van der Waals surface area contributed by atoms with Gasteiger partial charge in [0.25, 0.3) is 0 Å². The van der Waals surface area contributed by atoms with E-state index in [-0.39, 0.29) is 115 Å². The summed E-state index contributed by atoms with van der Waals surface area (Å²) in [6.45, 7) is 0. The van der Waals surface area contributed by atoms with Gasteiger partial charge in [0, 0.05) is 0 Å². The maximum atomic E-state index is 11.0. The molecule has 20 heteroatoms. The number of rotatable bonds is 6. The van der Waals surface area contributed by atoms with Crippen LogP contribution in [0.15, 0.2) is 0 Å². The summed E-state index contributed by atoms with van der Waals surface area (Å²) in [5.74, 6) is 0. The van der Waals surface area contributed by atoms with Crippen molar-refractivity contribution in [3.63, 3.8) is 0 Å². The van der Waals surface area contributed by atoms with Crippen LogP contribution in [0.5, 0.6) is 0 Å². The summed E-state index contributed by atoms with van der Waals surface area (Å²) in [6.07, 6.45) is 0. The van der Waals surface area contributed by atoms with Crippen molar-refractivity contribution in [3.05, 3.63) is 0 Å². The van der Waals surface area contributed by atoms with E-state index in [0.717, 1.165) is 0 Å². The molecule has 0 aliphatic rings. The summed E-state index contributed by atoms with van der Waals surface area (Å²) in [5.41, 5.74) is -6.52. The average Bonchev–Trinajstić information content (AvgIpc) is 1.88. The first kappa shape index (κ1) is 34.3. The fourth-order valence-electron chi connectivity index (χ4n) is 1.43. The largest absolute Gasteiger partial charge is 1.00 e. The molecule has 0 radical (unpaired) electrons. The van der Waals surface area contributed by atoms with Crippen LogP contribution in [-0.2, 0) is 18.3 Å². The summed E-state index contributed by atoms with van der Waals surface area (Å²) in [4.78, 5) is 73.8. The number of hydrogen-bond donors (Lipinski definition) is 6. The van der Waals surface area contributed by atoms with E-state index in [1.54, 1.807) is 0 Å². The molecular weight excluding hydrogens is 460 g/mol. The molecule has 0 amide bonds. The molecule has 0 spiro atoms.